The van der Waals surface area contributed by atoms with Crippen LogP contribution >= 0.6 is 0 Å². The van der Waals surface area contributed by atoms with Crippen molar-refractivity contribution in [3.8, 4) is 16.9 Å². The van der Waals surface area contributed by atoms with Crippen LogP contribution in [0.4, 0.5) is 0 Å². The minimum absolute atomic E-state index is 0.204. The smallest absolute Gasteiger partial charge is 0.322 e. The Bertz CT molecular complexity index is 943. The Hall–Kier alpha value is -3.61. The molecular weight excluding hydrogens is 338 g/mol. The van der Waals surface area contributed by atoms with E-state index in [0.717, 1.165) is 5.56 Å². The molecule has 132 valence electrons. The fraction of sp³-hybridized carbons (Fsp3) is 0.105. The third-order valence-electron chi connectivity index (χ3n) is 4.04. The molecule has 0 bridgehead atoms. The van der Waals surface area contributed by atoms with Crippen molar-refractivity contribution in [3.05, 3.63) is 59.2 Å². The van der Waals surface area contributed by atoms with Gasteiger partial charge in [0.05, 0.1) is 7.11 Å². The van der Waals surface area contributed by atoms with Gasteiger partial charge in [0.15, 0.2) is 0 Å². The second-order valence-corrected chi connectivity index (χ2v) is 5.59. The van der Waals surface area contributed by atoms with E-state index < -0.39 is 35.5 Å². The van der Waals surface area contributed by atoms with E-state index in [1.807, 2.05) is 0 Å². The topological polar surface area (TPSA) is 113 Å². The predicted octanol–water partition coefficient (Wildman–Crippen LogP) is 2.03. The molecule has 7 nitrogen and oxygen atoms in total. The summed E-state index contributed by atoms with van der Waals surface area (Å²) in [6.45, 7) is -0.648. The number of fused-ring (bicyclic) bond motifs is 1. The van der Waals surface area contributed by atoms with Gasteiger partial charge in [0, 0.05) is 11.1 Å². The SMILES string of the molecule is COc1ccc(-c2cccc3c2C(=O)C(C(=O)NCC(=O)O)=C3O)cc1. The summed E-state index contributed by atoms with van der Waals surface area (Å²) in [5, 5.41) is 21.1. The van der Waals surface area contributed by atoms with Gasteiger partial charge in [-0.2, -0.15) is 0 Å². The number of hydrogen-bond acceptors (Lipinski definition) is 5. The Balaban J connectivity index is 2.01. The molecule has 0 atom stereocenters. The van der Waals surface area contributed by atoms with E-state index >= 15 is 0 Å². The van der Waals surface area contributed by atoms with Crippen molar-refractivity contribution in [1.82, 2.24) is 5.32 Å². The third-order valence-corrected chi connectivity index (χ3v) is 4.04. The summed E-state index contributed by atoms with van der Waals surface area (Å²) >= 11 is 0. The lowest BCUT2D eigenvalue weighted by Crippen LogP contribution is -2.32. The van der Waals surface area contributed by atoms with Gasteiger partial charge < -0.3 is 20.3 Å². The van der Waals surface area contributed by atoms with Crippen LogP contribution in [-0.2, 0) is 9.59 Å². The van der Waals surface area contributed by atoms with E-state index in [4.69, 9.17) is 9.84 Å². The zero-order valence-electron chi connectivity index (χ0n) is 13.8. The number of carboxylic acid groups (broad SMARTS) is 1. The summed E-state index contributed by atoms with van der Waals surface area (Å²) < 4.78 is 5.11. The monoisotopic (exact) mass is 353 g/mol. The van der Waals surface area contributed by atoms with Crippen molar-refractivity contribution in [1.29, 1.82) is 0 Å². The average Bonchev–Trinajstić information content (AvgIpc) is 2.91. The summed E-state index contributed by atoms with van der Waals surface area (Å²) in [5.41, 5.74) is 1.26. The zero-order valence-corrected chi connectivity index (χ0v) is 13.8. The van der Waals surface area contributed by atoms with Crippen LogP contribution in [0.2, 0.25) is 0 Å². The normalized spacial score (nSPS) is 12.7. The molecule has 0 fully saturated rings. The van der Waals surface area contributed by atoms with Gasteiger partial charge >= 0.3 is 5.97 Å². The predicted molar refractivity (Wildman–Crippen MR) is 93.0 cm³/mol. The van der Waals surface area contributed by atoms with E-state index in [9.17, 15) is 19.5 Å². The third kappa shape index (κ3) is 2.90. The number of benzene rings is 2. The number of aliphatic carboxylic acids is 1. The first-order valence-corrected chi connectivity index (χ1v) is 7.69. The summed E-state index contributed by atoms with van der Waals surface area (Å²) in [6.07, 6.45) is 0. The number of methoxy groups -OCH3 is 1. The minimum Gasteiger partial charge on any atom is -0.506 e. The lowest BCUT2D eigenvalue weighted by molar-refractivity contribution is -0.137. The fourth-order valence-electron chi connectivity index (χ4n) is 2.83. The number of ether oxygens (including phenoxy) is 1. The highest BCUT2D eigenvalue weighted by molar-refractivity contribution is 6.35. The highest BCUT2D eigenvalue weighted by Gasteiger charge is 2.36. The average molecular weight is 353 g/mol. The molecule has 1 aliphatic carbocycles. The van der Waals surface area contributed by atoms with E-state index in [0.29, 0.717) is 11.3 Å². The highest BCUT2D eigenvalue weighted by atomic mass is 16.5. The summed E-state index contributed by atoms with van der Waals surface area (Å²) in [4.78, 5) is 35.5. The molecule has 0 radical (unpaired) electrons. The van der Waals surface area contributed by atoms with Crippen LogP contribution in [-0.4, -0.2) is 41.5 Å². The Labute approximate surface area is 148 Å². The number of aliphatic hydroxyl groups is 1. The summed E-state index contributed by atoms with van der Waals surface area (Å²) in [7, 11) is 1.54. The molecule has 3 rings (SSSR count). The second-order valence-electron chi connectivity index (χ2n) is 5.59. The van der Waals surface area contributed by atoms with Gasteiger partial charge in [-0.3, -0.25) is 14.4 Å². The molecule has 0 aliphatic heterocycles. The number of carbonyl (C=O) groups excluding carboxylic acids is 2. The van der Waals surface area contributed by atoms with Gasteiger partial charge in [0.2, 0.25) is 5.78 Å². The standard InChI is InChI=1S/C19H15NO6/c1-26-11-7-5-10(6-8-11)12-3-2-4-13-15(12)18(24)16(17(13)23)19(25)20-9-14(21)22/h2-8,23H,9H2,1H3,(H,20,25)(H,21,22). The van der Waals surface area contributed by atoms with E-state index in [-0.39, 0.29) is 11.1 Å². The number of aliphatic hydroxyl groups excluding tert-OH is 1. The van der Waals surface area contributed by atoms with Gasteiger partial charge in [-0.05, 0) is 23.3 Å². The molecule has 2 aromatic rings. The maximum absolute atomic E-state index is 12.8. The van der Waals surface area contributed by atoms with Gasteiger partial charge in [0.1, 0.15) is 23.6 Å². The van der Waals surface area contributed by atoms with Gasteiger partial charge in [0.25, 0.3) is 5.91 Å². The first-order chi connectivity index (χ1) is 12.4. The molecule has 26 heavy (non-hydrogen) atoms. The zero-order chi connectivity index (χ0) is 18.8. The molecule has 1 aliphatic rings. The number of nitrogens with one attached hydrogen (secondary N) is 1. The molecular formula is C19H15NO6. The van der Waals surface area contributed by atoms with Crippen LogP contribution in [0.3, 0.4) is 0 Å². The molecule has 0 unspecified atom stereocenters. The van der Waals surface area contributed by atoms with Crippen molar-refractivity contribution in [3.63, 3.8) is 0 Å². The van der Waals surface area contributed by atoms with Crippen molar-refractivity contribution >= 4 is 23.4 Å². The van der Waals surface area contributed by atoms with Crippen LogP contribution in [0.15, 0.2) is 48.0 Å². The Morgan fingerprint density at radius 1 is 1.08 bits per heavy atom. The number of carboxylic acids is 1. The number of Topliss-reactive ketones (excluding diaryl/α,β-unsaturated/α-hetero) is 1. The lowest BCUT2D eigenvalue weighted by atomic mass is 9.95. The van der Waals surface area contributed by atoms with Crippen LogP contribution in [0, 0.1) is 0 Å². The van der Waals surface area contributed by atoms with E-state index in [2.05, 4.69) is 5.32 Å². The molecule has 0 heterocycles. The quantitative estimate of drug-likeness (QED) is 0.709. The number of rotatable bonds is 5. The van der Waals surface area contributed by atoms with Crippen LogP contribution in [0.1, 0.15) is 15.9 Å². The number of hydrogen-bond donors (Lipinski definition) is 3. The minimum atomic E-state index is -1.25. The Kier molecular flexibility index (Phi) is 4.45. The van der Waals surface area contributed by atoms with Crippen molar-refractivity contribution in [2.24, 2.45) is 0 Å². The maximum atomic E-state index is 12.8. The van der Waals surface area contributed by atoms with Gasteiger partial charge in [-0.25, -0.2) is 0 Å². The Morgan fingerprint density at radius 3 is 2.35 bits per heavy atom. The number of amides is 1. The van der Waals surface area contributed by atoms with E-state index in [1.54, 1.807) is 43.5 Å². The second kappa shape index (κ2) is 6.72. The lowest BCUT2D eigenvalue weighted by Gasteiger charge is -2.09. The molecule has 2 aromatic carbocycles. The fourth-order valence-corrected chi connectivity index (χ4v) is 2.83. The van der Waals surface area contributed by atoms with Gasteiger partial charge in [-0.15, -0.1) is 0 Å². The maximum Gasteiger partial charge on any atom is 0.322 e. The van der Waals surface area contributed by atoms with E-state index in [1.165, 1.54) is 6.07 Å². The number of ketones is 1. The number of carbonyl (C=O) groups is 3. The largest absolute Gasteiger partial charge is 0.506 e. The van der Waals surface area contributed by atoms with Crippen LogP contribution < -0.4 is 10.1 Å². The molecule has 1 amide bonds. The molecule has 3 N–H and O–H groups in total. The molecule has 0 saturated carbocycles. The molecule has 0 saturated heterocycles. The molecule has 0 aromatic heterocycles. The Morgan fingerprint density at radius 2 is 1.73 bits per heavy atom. The van der Waals surface area contributed by atoms with Crippen LogP contribution in [0.25, 0.3) is 16.9 Å². The molecule has 7 heteroatoms. The first-order valence-electron chi connectivity index (χ1n) is 7.69. The highest BCUT2D eigenvalue weighted by Crippen LogP contribution is 2.38. The van der Waals surface area contributed by atoms with Crippen molar-refractivity contribution in [2.45, 2.75) is 0 Å². The summed E-state index contributed by atoms with van der Waals surface area (Å²) in [6, 6.07) is 11.9. The van der Waals surface area contributed by atoms with Crippen LogP contribution in [0.5, 0.6) is 5.75 Å². The first kappa shape index (κ1) is 17.2. The molecule has 0 spiro atoms. The van der Waals surface area contributed by atoms with Crippen molar-refractivity contribution < 1.29 is 29.3 Å². The van der Waals surface area contributed by atoms with Gasteiger partial charge in [-0.1, -0.05) is 30.3 Å². The summed E-state index contributed by atoms with van der Waals surface area (Å²) in [5.74, 6) is -2.62. The van der Waals surface area contributed by atoms with Crippen molar-refractivity contribution in [2.75, 3.05) is 13.7 Å².